The molecule has 1 aliphatic rings. The molecule has 2 heterocycles. The zero-order valence-electron chi connectivity index (χ0n) is 11.7. The molecular formula is C15H20ClN3. The molecular weight excluding hydrogens is 258 g/mol. The van der Waals surface area contributed by atoms with Gasteiger partial charge in [-0.1, -0.05) is 25.4 Å². The summed E-state index contributed by atoms with van der Waals surface area (Å²) in [5, 5.41) is 4.37. The van der Waals surface area contributed by atoms with E-state index in [0.717, 1.165) is 28.4 Å². The number of halogens is 1. The standard InChI is InChI=1S/C15H20ClN3/c1-15(2)7-4-8-17-13(15)14-18-11-9-10(16)5-6-12(11)19(14)3/h5-6,9,13,17H,4,7-8H2,1-3H3. The van der Waals surface area contributed by atoms with Gasteiger partial charge in [-0.2, -0.15) is 0 Å². The van der Waals surface area contributed by atoms with Crippen LogP contribution in [0, 0.1) is 5.41 Å². The van der Waals surface area contributed by atoms with Gasteiger partial charge in [0.2, 0.25) is 0 Å². The lowest BCUT2D eigenvalue weighted by molar-refractivity contribution is 0.172. The number of aryl methyl sites for hydroxylation is 1. The van der Waals surface area contributed by atoms with Crippen molar-refractivity contribution >= 4 is 22.6 Å². The lowest BCUT2D eigenvalue weighted by Crippen LogP contribution is -2.41. The van der Waals surface area contributed by atoms with E-state index in [1.807, 2.05) is 18.2 Å². The quantitative estimate of drug-likeness (QED) is 0.862. The van der Waals surface area contributed by atoms with Crippen molar-refractivity contribution in [2.75, 3.05) is 6.54 Å². The molecule has 19 heavy (non-hydrogen) atoms. The first-order valence-electron chi connectivity index (χ1n) is 6.84. The first-order chi connectivity index (χ1) is 8.99. The van der Waals surface area contributed by atoms with Crippen LogP contribution in [0.2, 0.25) is 5.02 Å². The first kappa shape index (κ1) is 12.9. The fourth-order valence-electron chi connectivity index (χ4n) is 3.10. The molecule has 1 aromatic carbocycles. The van der Waals surface area contributed by atoms with Crippen LogP contribution in [0.3, 0.4) is 0 Å². The molecule has 0 amide bonds. The largest absolute Gasteiger partial charge is 0.330 e. The van der Waals surface area contributed by atoms with E-state index in [0.29, 0.717) is 6.04 Å². The van der Waals surface area contributed by atoms with E-state index < -0.39 is 0 Å². The Kier molecular flexibility index (Phi) is 3.06. The van der Waals surface area contributed by atoms with E-state index in [9.17, 15) is 0 Å². The van der Waals surface area contributed by atoms with Crippen LogP contribution in [0.1, 0.15) is 38.6 Å². The average molecular weight is 278 g/mol. The minimum absolute atomic E-state index is 0.233. The normalized spacial score (nSPS) is 22.8. The van der Waals surface area contributed by atoms with Gasteiger partial charge in [0.1, 0.15) is 5.82 Å². The Balaban J connectivity index is 2.12. The molecule has 1 atom stereocenters. The highest BCUT2D eigenvalue weighted by atomic mass is 35.5. The molecule has 1 N–H and O–H groups in total. The van der Waals surface area contributed by atoms with Crippen molar-refractivity contribution in [1.29, 1.82) is 0 Å². The molecule has 2 aromatic rings. The van der Waals surface area contributed by atoms with Gasteiger partial charge in [-0.25, -0.2) is 4.98 Å². The molecule has 0 aliphatic carbocycles. The number of nitrogens with zero attached hydrogens (tertiary/aromatic N) is 2. The Morgan fingerprint density at radius 3 is 2.95 bits per heavy atom. The molecule has 3 rings (SSSR count). The van der Waals surface area contributed by atoms with Gasteiger partial charge in [0.05, 0.1) is 17.1 Å². The maximum atomic E-state index is 6.06. The Labute approximate surface area is 119 Å². The fraction of sp³-hybridized carbons (Fsp3) is 0.533. The van der Waals surface area contributed by atoms with Crippen LogP contribution in [-0.4, -0.2) is 16.1 Å². The number of hydrogen-bond donors (Lipinski definition) is 1. The van der Waals surface area contributed by atoms with Gasteiger partial charge in [0, 0.05) is 12.1 Å². The van der Waals surface area contributed by atoms with Gasteiger partial charge in [0.15, 0.2) is 0 Å². The number of hydrogen-bond acceptors (Lipinski definition) is 2. The van der Waals surface area contributed by atoms with Crippen LogP contribution in [-0.2, 0) is 7.05 Å². The number of rotatable bonds is 1. The Morgan fingerprint density at radius 2 is 2.21 bits per heavy atom. The Morgan fingerprint density at radius 1 is 1.42 bits per heavy atom. The number of benzene rings is 1. The molecule has 1 fully saturated rings. The highest BCUT2D eigenvalue weighted by molar-refractivity contribution is 6.31. The lowest BCUT2D eigenvalue weighted by Gasteiger charge is -2.38. The molecule has 1 unspecified atom stereocenters. The summed E-state index contributed by atoms with van der Waals surface area (Å²) in [5.41, 5.74) is 2.35. The van der Waals surface area contributed by atoms with Crippen LogP contribution in [0.5, 0.6) is 0 Å². The summed E-state index contributed by atoms with van der Waals surface area (Å²) in [6, 6.07) is 6.21. The van der Waals surface area contributed by atoms with Gasteiger partial charge in [0.25, 0.3) is 0 Å². The summed E-state index contributed by atoms with van der Waals surface area (Å²) in [6.45, 7) is 5.70. The lowest BCUT2D eigenvalue weighted by atomic mass is 9.77. The van der Waals surface area contributed by atoms with Crippen LogP contribution < -0.4 is 5.32 Å². The monoisotopic (exact) mass is 277 g/mol. The zero-order chi connectivity index (χ0) is 13.6. The van der Waals surface area contributed by atoms with E-state index in [1.54, 1.807) is 0 Å². The molecule has 1 aromatic heterocycles. The van der Waals surface area contributed by atoms with Gasteiger partial charge in [-0.15, -0.1) is 0 Å². The van der Waals surface area contributed by atoms with Gasteiger partial charge in [-0.3, -0.25) is 0 Å². The third-order valence-electron chi connectivity index (χ3n) is 4.26. The molecule has 0 saturated carbocycles. The topological polar surface area (TPSA) is 29.9 Å². The molecule has 1 saturated heterocycles. The predicted molar refractivity (Wildman–Crippen MR) is 79.5 cm³/mol. The number of fused-ring (bicyclic) bond motifs is 1. The maximum absolute atomic E-state index is 6.06. The average Bonchev–Trinajstić information content (AvgIpc) is 2.65. The van der Waals surface area contributed by atoms with Crippen LogP contribution >= 0.6 is 11.6 Å². The van der Waals surface area contributed by atoms with Crippen molar-refractivity contribution in [3.05, 3.63) is 29.0 Å². The molecule has 0 bridgehead atoms. The van der Waals surface area contributed by atoms with E-state index >= 15 is 0 Å². The molecule has 3 nitrogen and oxygen atoms in total. The van der Waals surface area contributed by atoms with Crippen molar-refractivity contribution in [2.45, 2.75) is 32.7 Å². The fourth-order valence-corrected chi connectivity index (χ4v) is 3.27. The minimum atomic E-state index is 0.233. The van der Waals surface area contributed by atoms with Gasteiger partial charge >= 0.3 is 0 Å². The second-order valence-electron chi connectivity index (χ2n) is 6.14. The molecule has 1 aliphatic heterocycles. The van der Waals surface area contributed by atoms with E-state index in [-0.39, 0.29) is 5.41 Å². The van der Waals surface area contributed by atoms with Gasteiger partial charge in [-0.05, 0) is 43.0 Å². The summed E-state index contributed by atoms with van der Waals surface area (Å²) in [4.78, 5) is 4.81. The van der Waals surface area contributed by atoms with Crippen molar-refractivity contribution in [3.63, 3.8) is 0 Å². The maximum Gasteiger partial charge on any atom is 0.127 e. The third-order valence-corrected chi connectivity index (χ3v) is 4.50. The van der Waals surface area contributed by atoms with E-state index in [1.165, 1.54) is 12.8 Å². The summed E-state index contributed by atoms with van der Waals surface area (Å²) < 4.78 is 2.19. The number of piperidine rings is 1. The second-order valence-corrected chi connectivity index (χ2v) is 6.58. The SMILES string of the molecule is Cn1c(C2NCCCC2(C)C)nc2cc(Cl)ccc21. The van der Waals surface area contributed by atoms with Crippen LogP contribution in [0.4, 0.5) is 0 Å². The van der Waals surface area contributed by atoms with Crippen molar-refractivity contribution < 1.29 is 0 Å². The van der Waals surface area contributed by atoms with Crippen LogP contribution in [0.15, 0.2) is 18.2 Å². The predicted octanol–water partition coefficient (Wildman–Crippen LogP) is 3.68. The summed E-state index contributed by atoms with van der Waals surface area (Å²) in [7, 11) is 2.09. The molecule has 102 valence electrons. The first-order valence-corrected chi connectivity index (χ1v) is 7.22. The number of aromatic nitrogens is 2. The number of nitrogens with one attached hydrogen (secondary N) is 1. The Bertz CT molecular complexity index is 615. The molecule has 0 radical (unpaired) electrons. The van der Waals surface area contributed by atoms with Crippen molar-refractivity contribution in [1.82, 2.24) is 14.9 Å². The smallest absolute Gasteiger partial charge is 0.127 e. The van der Waals surface area contributed by atoms with Crippen molar-refractivity contribution in [2.24, 2.45) is 12.5 Å². The Hall–Kier alpha value is -1.06. The molecule has 0 spiro atoms. The van der Waals surface area contributed by atoms with E-state index in [2.05, 4.69) is 30.8 Å². The van der Waals surface area contributed by atoms with Crippen molar-refractivity contribution in [3.8, 4) is 0 Å². The third kappa shape index (κ3) is 2.15. The zero-order valence-corrected chi connectivity index (χ0v) is 12.5. The van der Waals surface area contributed by atoms with Gasteiger partial charge < -0.3 is 9.88 Å². The van der Waals surface area contributed by atoms with Crippen LogP contribution in [0.25, 0.3) is 11.0 Å². The van der Waals surface area contributed by atoms with E-state index in [4.69, 9.17) is 16.6 Å². The highest BCUT2D eigenvalue weighted by Crippen LogP contribution is 2.40. The highest BCUT2D eigenvalue weighted by Gasteiger charge is 2.36. The second kappa shape index (κ2) is 4.50. The minimum Gasteiger partial charge on any atom is -0.330 e. The summed E-state index contributed by atoms with van der Waals surface area (Å²) >= 11 is 6.06. The summed E-state index contributed by atoms with van der Waals surface area (Å²) in [5.74, 6) is 1.11. The summed E-state index contributed by atoms with van der Waals surface area (Å²) in [6.07, 6.45) is 2.47. The molecule has 4 heteroatoms. The number of imidazole rings is 1.